The molecule has 0 bridgehead atoms. The maximum Gasteiger partial charge on any atom is 0.341 e. The molecule has 0 unspecified atom stereocenters. The molecule has 1 aliphatic heterocycles. The molecule has 1 N–H and O–H groups in total. The van der Waals surface area contributed by atoms with Gasteiger partial charge in [0.05, 0.1) is 6.61 Å². The number of aromatic nitrogens is 1. The number of esters is 1. The summed E-state index contributed by atoms with van der Waals surface area (Å²) < 4.78 is 5.02. The van der Waals surface area contributed by atoms with Crippen molar-refractivity contribution in [2.75, 3.05) is 25.1 Å². The number of carbonyl (C=O) groups is 1. The van der Waals surface area contributed by atoms with Gasteiger partial charge in [0.2, 0.25) is 0 Å². The van der Waals surface area contributed by atoms with Crippen molar-refractivity contribution < 1.29 is 9.53 Å². The van der Waals surface area contributed by atoms with E-state index in [0.29, 0.717) is 18.0 Å². The Balaban J connectivity index is 2.08. The molecule has 1 aliphatic rings. The van der Waals surface area contributed by atoms with Gasteiger partial charge in [0, 0.05) is 19.3 Å². The van der Waals surface area contributed by atoms with E-state index in [4.69, 9.17) is 4.74 Å². The summed E-state index contributed by atoms with van der Waals surface area (Å²) in [7, 11) is 0. The molecule has 0 amide bonds. The Bertz CT molecular complexity index is 403. The SMILES string of the molecule is CCOC(=O)c1cccnc1NN1CCCCC1. The number of nitrogens with zero attached hydrogens (tertiary/aromatic N) is 2. The summed E-state index contributed by atoms with van der Waals surface area (Å²) in [4.78, 5) is 16.0. The number of nitrogens with one attached hydrogen (secondary N) is 1. The fourth-order valence-corrected chi connectivity index (χ4v) is 2.02. The molecule has 0 aliphatic carbocycles. The van der Waals surface area contributed by atoms with Gasteiger partial charge in [-0.2, -0.15) is 0 Å². The predicted molar refractivity (Wildman–Crippen MR) is 69.2 cm³/mol. The zero-order valence-electron chi connectivity index (χ0n) is 10.7. The molecule has 0 atom stereocenters. The highest BCUT2D eigenvalue weighted by molar-refractivity contribution is 5.94. The Morgan fingerprint density at radius 2 is 2.22 bits per heavy atom. The van der Waals surface area contributed by atoms with Crippen molar-refractivity contribution in [3.05, 3.63) is 23.9 Å². The highest BCUT2D eigenvalue weighted by Gasteiger charge is 2.16. The van der Waals surface area contributed by atoms with Crippen molar-refractivity contribution in [2.24, 2.45) is 0 Å². The number of ether oxygens (including phenoxy) is 1. The van der Waals surface area contributed by atoms with E-state index in [2.05, 4.69) is 15.4 Å². The third-order valence-electron chi connectivity index (χ3n) is 2.92. The topological polar surface area (TPSA) is 54.5 Å². The molecule has 0 aromatic carbocycles. The van der Waals surface area contributed by atoms with Gasteiger partial charge in [-0.25, -0.2) is 14.8 Å². The first-order valence-electron chi connectivity index (χ1n) is 6.45. The van der Waals surface area contributed by atoms with Crippen molar-refractivity contribution in [1.29, 1.82) is 0 Å². The smallest absolute Gasteiger partial charge is 0.341 e. The number of anilines is 1. The molecule has 0 spiro atoms. The highest BCUT2D eigenvalue weighted by Crippen LogP contribution is 2.16. The van der Waals surface area contributed by atoms with Crippen LogP contribution in [-0.2, 0) is 4.74 Å². The van der Waals surface area contributed by atoms with Crippen LogP contribution in [0.25, 0.3) is 0 Å². The van der Waals surface area contributed by atoms with Crippen molar-refractivity contribution in [3.8, 4) is 0 Å². The van der Waals surface area contributed by atoms with Gasteiger partial charge in [0.1, 0.15) is 5.56 Å². The zero-order chi connectivity index (χ0) is 12.8. The summed E-state index contributed by atoms with van der Waals surface area (Å²) in [5.74, 6) is 0.253. The van der Waals surface area contributed by atoms with Gasteiger partial charge in [0.25, 0.3) is 0 Å². The van der Waals surface area contributed by atoms with Gasteiger partial charge in [-0.15, -0.1) is 0 Å². The number of piperidine rings is 1. The molecule has 1 aromatic heterocycles. The van der Waals surface area contributed by atoms with Crippen LogP contribution in [0.4, 0.5) is 5.82 Å². The van der Waals surface area contributed by atoms with E-state index in [1.165, 1.54) is 19.3 Å². The van der Waals surface area contributed by atoms with Crippen LogP contribution in [-0.4, -0.2) is 35.7 Å². The third-order valence-corrected chi connectivity index (χ3v) is 2.92. The number of pyridine rings is 1. The lowest BCUT2D eigenvalue weighted by Crippen LogP contribution is -2.35. The average Bonchev–Trinajstić information content (AvgIpc) is 2.41. The van der Waals surface area contributed by atoms with Gasteiger partial charge in [-0.1, -0.05) is 6.42 Å². The second-order valence-electron chi connectivity index (χ2n) is 4.28. The lowest BCUT2D eigenvalue weighted by Gasteiger charge is -2.27. The summed E-state index contributed by atoms with van der Waals surface area (Å²) in [5, 5.41) is 2.11. The van der Waals surface area contributed by atoms with Crippen LogP contribution in [0.5, 0.6) is 0 Å². The monoisotopic (exact) mass is 249 g/mol. The van der Waals surface area contributed by atoms with Crippen LogP contribution < -0.4 is 5.43 Å². The minimum Gasteiger partial charge on any atom is -0.462 e. The summed E-state index contributed by atoms with van der Waals surface area (Å²) in [5.41, 5.74) is 3.70. The van der Waals surface area contributed by atoms with E-state index in [-0.39, 0.29) is 5.97 Å². The molecule has 1 fully saturated rings. The lowest BCUT2D eigenvalue weighted by molar-refractivity contribution is 0.0526. The summed E-state index contributed by atoms with van der Waals surface area (Å²) in [6.45, 7) is 4.14. The molecule has 5 nitrogen and oxygen atoms in total. The first-order valence-corrected chi connectivity index (χ1v) is 6.45. The van der Waals surface area contributed by atoms with E-state index in [0.717, 1.165) is 13.1 Å². The Hall–Kier alpha value is -1.62. The Morgan fingerprint density at radius 3 is 2.94 bits per heavy atom. The van der Waals surface area contributed by atoms with Gasteiger partial charge in [-0.05, 0) is 31.9 Å². The van der Waals surface area contributed by atoms with Crippen LogP contribution >= 0.6 is 0 Å². The molecule has 18 heavy (non-hydrogen) atoms. The van der Waals surface area contributed by atoms with Crippen LogP contribution in [0.1, 0.15) is 36.5 Å². The largest absolute Gasteiger partial charge is 0.462 e. The van der Waals surface area contributed by atoms with Gasteiger partial charge >= 0.3 is 5.97 Å². The Morgan fingerprint density at radius 1 is 1.44 bits per heavy atom. The Kier molecular flexibility index (Phi) is 4.52. The van der Waals surface area contributed by atoms with E-state index >= 15 is 0 Å². The summed E-state index contributed by atoms with van der Waals surface area (Å²) >= 11 is 0. The fraction of sp³-hybridized carbons (Fsp3) is 0.538. The number of rotatable bonds is 4. The number of hydrazine groups is 1. The van der Waals surface area contributed by atoms with Crippen molar-refractivity contribution in [1.82, 2.24) is 9.99 Å². The summed E-state index contributed by atoms with van der Waals surface area (Å²) in [6, 6.07) is 3.48. The van der Waals surface area contributed by atoms with Gasteiger partial charge < -0.3 is 10.2 Å². The third kappa shape index (κ3) is 3.20. The molecule has 1 saturated heterocycles. The van der Waals surface area contributed by atoms with E-state index in [1.54, 1.807) is 25.3 Å². The molecule has 2 rings (SSSR count). The van der Waals surface area contributed by atoms with Crippen molar-refractivity contribution >= 4 is 11.8 Å². The van der Waals surface area contributed by atoms with Crippen LogP contribution in [0.3, 0.4) is 0 Å². The van der Waals surface area contributed by atoms with Crippen LogP contribution in [0.15, 0.2) is 18.3 Å². The fourth-order valence-electron chi connectivity index (χ4n) is 2.02. The molecule has 98 valence electrons. The predicted octanol–water partition coefficient (Wildman–Crippen LogP) is 2.07. The van der Waals surface area contributed by atoms with Gasteiger partial charge in [0.15, 0.2) is 5.82 Å². The standard InChI is InChI=1S/C13H19N3O2/c1-2-18-13(17)11-7-6-8-14-12(11)15-16-9-4-3-5-10-16/h6-8H,2-5,9-10H2,1H3,(H,14,15). The van der Waals surface area contributed by atoms with Gasteiger partial charge in [-0.3, -0.25) is 0 Å². The number of hydrogen-bond acceptors (Lipinski definition) is 5. The number of hydrogen-bond donors (Lipinski definition) is 1. The average molecular weight is 249 g/mol. The van der Waals surface area contributed by atoms with Crippen LogP contribution in [0.2, 0.25) is 0 Å². The maximum absolute atomic E-state index is 11.8. The van der Waals surface area contributed by atoms with E-state index in [9.17, 15) is 4.79 Å². The second-order valence-corrected chi connectivity index (χ2v) is 4.28. The molecule has 0 saturated carbocycles. The Labute approximate surface area is 107 Å². The molecule has 5 heteroatoms. The van der Waals surface area contributed by atoms with Crippen LogP contribution in [0, 0.1) is 0 Å². The minimum atomic E-state index is -0.329. The zero-order valence-corrected chi connectivity index (χ0v) is 10.7. The van der Waals surface area contributed by atoms with E-state index < -0.39 is 0 Å². The first kappa shape index (κ1) is 12.8. The quantitative estimate of drug-likeness (QED) is 0.828. The molecular weight excluding hydrogens is 230 g/mol. The maximum atomic E-state index is 11.8. The minimum absolute atomic E-state index is 0.329. The molecule has 1 aromatic rings. The molecular formula is C13H19N3O2. The normalized spacial score (nSPS) is 16.3. The second kappa shape index (κ2) is 6.35. The van der Waals surface area contributed by atoms with E-state index in [1.807, 2.05) is 0 Å². The highest BCUT2D eigenvalue weighted by atomic mass is 16.5. The summed E-state index contributed by atoms with van der Waals surface area (Å²) in [6.07, 6.45) is 5.29. The van der Waals surface area contributed by atoms with Crippen molar-refractivity contribution in [3.63, 3.8) is 0 Å². The first-order chi connectivity index (χ1) is 8.81. The lowest BCUT2D eigenvalue weighted by atomic mass is 10.2. The number of carbonyl (C=O) groups excluding carboxylic acids is 1. The van der Waals surface area contributed by atoms with Crippen molar-refractivity contribution in [2.45, 2.75) is 26.2 Å². The molecule has 2 heterocycles. The molecule has 0 radical (unpaired) electrons.